The molecular formula is C23H26N2O. The molecule has 0 spiro atoms. The smallest absolute Gasteiger partial charge is 0.254 e. The summed E-state index contributed by atoms with van der Waals surface area (Å²) in [4.78, 5) is 15.0. The Morgan fingerprint density at radius 2 is 1.69 bits per heavy atom. The molecule has 0 saturated heterocycles. The van der Waals surface area contributed by atoms with Crippen molar-refractivity contribution in [3.63, 3.8) is 0 Å². The van der Waals surface area contributed by atoms with E-state index in [-0.39, 0.29) is 11.3 Å². The molecular weight excluding hydrogens is 320 g/mol. The maximum atomic E-state index is 13.0. The maximum Gasteiger partial charge on any atom is 0.254 e. The summed E-state index contributed by atoms with van der Waals surface area (Å²) in [6.45, 7) is 8.04. The third kappa shape index (κ3) is 2.72. The summed E-state index contributed by atoms with van der Waals surface area (Å²) in [5.74, 6) is 0.129. The van der Waals surface area contributed by atoms with Gasteiger partial charge in [-0.2, -0.15) is 0 Å². The molecule has 2 aromatic carbocycles. The number of hydrogen-bond donors (Lipinski definition) is 0. The highest BCUT2D eigenvalue weighted by atomic mass is 16.2. The molecule has 1 aliphatic heterocycles. The molecule has 0 bridgehead atoms. The van der Waals surface area contributed by atoms with Gasteiger partial charge in [0, 0.05) is 54.3 Å². The largest absolute Gasteiger partial charge is 0.347 e. The van der Waals surface area contributed by atoms with E-state index in [1.807, 2.05) is 17.0 Å². The zero-order valence-corrected chi connectivity index (χ0v) is 16.0. The van der Waals surface area contributed by atoms with E-state index in [0.717, 1.165) is 18.5 Å². The van der Waals surface area contributed by atoms with Crippen LogP contribution in [0.4, 0.5) is 0 Å². The monoisotopic (exact) mass is 346 g/mol. The summed E-state index contributed by atoms with van der Waals surface area (Å²) in [6, 6.07) is 16.6. The van der Waals surface area contributed by atoms with Crippen LogP contribution in [-0.4, -0.2) is 21.9 Å². The first-order valence-electron chi connectivity index (χ1n) is 9.31. The van der Waals surface area contributed by atoms with Crippen molar-refractivity contribution >= 4 is 16.8 Å². The number of fused-ring (bicyclic) bond motifs is 3. The number of para-hydroxylation sites is 1. The summed E-state index contributed by atoms with van der Waals surface area (Å²) in [6.07, 6.45) is 0.909. The molecule has 0 N–H and O–H groups in total. The zero-order chi connectivity index (χ0) is 18.5. The molecule has 0 atom stereocenters. The molecule has 3 heteroatoms. The molecule has 4 rings (SSSR count). The third-order valence-corrected chi connectivity index (χ3v) is 5.60. The van der Waals surface area contributed by atoms with Gasteiger partial charge in [0.15, 0.2) is 0 Å². The number of nitrogens with zero attached hydrogens (tertiary/aromatic N) is 2. The summed E-state index contributed by atoms with van der Waals surface area (Å²) in [5, 5.41) is 1.27. The average Bonchev–Trinajstić information content (AvgIpc) is 2.93. The first-order valence-corrected chi connectivity index (χ1v) is 9.31. The van der Waals surface area contributed by atoms with Crippen molar-refractivity contribution in [2.45, 2.75) is 39.2 Å². The number of amides is 1. The normalized spacial score (nSPS) is 14.5. The van der Waals surface area contributed by atoms with Crippen molar-refractivity contribution in [1.29, 1.82) is 0 Å². The van der Waals surface area contributed by atoms with Gasteiger partial charge < -0.3 is 9.47 Å². The van der Waals surface area contributed by atoms with Crippen molar-refractivity contribution in [2.75, 3.05) is 6.54 Å². The van der Waals surface area contributed by atoms with Crippen LogP contribution in [0.15, 0.2) is 48.5 Å². The van der Waals surface area contributed by atoms with E-state index in [4.69, 9.17) is 0 Å². The fourth-order valence-corrected chi connectivity index (χ4v) is 4.00. The second-order valence-corrected chi connectivity index (χ2v) is 8.31. The predicted octanol–water partition coefficient (Wildman–Crippen LogP) is 4.67. The fraction of sp³-hybridized carbons (Fsp3) is 0.348. The van der Waals surface area contributed by atoms with Gasteiger partial charge in [-0.3, -0.25) is 4.79 Å². The van der Waals surface area contributed by atoms with Gasteiger partial charge in [-0.25, -0.2) is 0 Å². The summed E-state index contributed by atoms with van der Waals surface area (Å²) >= 11 is 0. The second kappa shape index (κ2) is 6.01. The van der Waals surface area contributed by atoms with Crippen LogP contribution in [-0.2, 0) is 25.4 Å². The first-order chi connectivity index (χ1) is 12.4. The number of aryl methyl sites for hydroxylation is 1. The zero-order valence-electron chi connectivity index (χ0n) is 16.0. The molecule has 26 heavy (non-hydrogen) atoms. The highest BCUT2D eigenvalue weighted by Gasteiger charge is 2.26. The van der Waals surface area contributed by atoms with Crippen LogP contribution >= 0.6 is 0 Å². The Hall–Kier alpha value is -2.55. The minimum Gasteiger partial charge on any atom is -0.347 e. The lowest BCUT2D eigenvalue weighted by Gasteiger charge is -2.28. The molecule has 134 valence electrons. The van der Waals surface area contributed by atoms with Crippen LogP contribution in [0, 0.1) is 0 Å². The quantitative estimate of drug-likeness (QED) is 0.628. The standard InChI is InChI=1S/C23H26N2O/c1-23(2,3)17-11-9-16(10-12-17)22(26)25-14-13-21-19(15-25)18-7-5-6-8-20(18)24(21)4/h5-12H,13-15H2,1-4H3. The Morgan fingerprint density at radius 3 is 2.38 bits per heavy atom. The van der Waals surface area contributed by atoms with Gasteiger partial charge in [0.2, 0.25) is 0 Å². The molecule has 2 heterocycles. The van der Waals surface area contributed by atoms with E-state index >= 15 is 0 Å². The molecule has 0 fully saturated rings. The lowest BCUT2D eigenvalue weighted by Crippen LogP contribution is -2.36. The number of hydrogen-bond acceptors (Lipinski definition) is 1. The van der Waals surface area contributed by atoms with Crippen LogP contribution in [0.5, 0.6) is 0 Å². The second-order valence-electron chi connectivity index (χ2n) is 8.31. The highest BCUT2D eigenvalue weighted by Crippen LogP contribution is 2.31. The van der Waals surface area contributed by atoms with Gasteiger partial charge in [-0.1, -0.05) is 51.1 Å². The lowest BCUT2D eigenvalue weighted by atomic mass is 9.86. The van der Waals surface area contributed by atoms with Gasteiger partial charge >= 0.3 is 0 Å². The maximum absolute atomic E-state index is 13.0. The van der Waals surface area contributed by atoms with E-state index in [1.165, 1.54) is 27.7 Å². The van der Waals surface area contributed by atoms with Crippen LogP contribution in [0.2, 0.25) is 0 Å². The average molecular weight is 346 g/mol. The molecule has 3 aromatic rings. The third-order valence-electron chi connectivity index (χ3n) is 5.60. The van der Waals surface area contributed by atoms with Crippen LogP contribution in [0.25, 0.3) is 10.9 Å². The van der Waals surface area contributed by atoms with Gasteiger partial charge in [-0.05, 0) is 29.2 Å². The number of aromatic nitrogens is 1. The molecule has 0 saturated carbocycles. The van der Waals surface area contributed by atoms with E-state index in [2.05, 4.69) is 68.8 Å². The van der Waals surface area contributed by atoms with Crippen molar-refractivity contribution in [1.82, 2.24) is 9.47 Å². The molecule has 3 nitrogen and oxygen atoms in total. The molecule has 0 radical (unpaired) electrons. The summed E-state index contributed by atoms with van der Waals surface area (Å²) in [5.41, 5.74) is 6.05. The number of carbonyl (C=O) groups excluding carboxylic acids is 1. The minimum atomic E-state index is 0.102. The number of carbonyl (C=O) groups is 1. The Labute approximate surface area is 155 Å². The predicted molar refractivity (Wildman–Crippen MR) is 107 cm³/mol. The highest BCUT2D eigenvalue weighted by molar-refractivity contribution is 5.95. The van der Waals surface area contributed by atoms with Crippen LogP contribution in [0.3, 0.4) is 0 Å². The molecule has 0 unspecified atom stereocenters. The van der Waals surface area contributed by atoms with E-state index < -0.39 is 0 Å². The number of benzene rings is 2. The van der Waals surface area contributed by atoms with Crippen molar-refractivity contribution in [3.05, 3.63) is 70.9 Å². The van der Waals surface area contributed by atoms with Crippen molar-refractivity contribution in [2.24, 2.45) is 7.05 Å². The van der Waals surface area contributed by atoms with Gasteiger partial charge in [-0.15, -0.1) is 0 Å². The SMILES string of the molecule is Cn1c2c(c3ccccc31)CN(C(=O)c1ccc(C(C)(C)C)cc1)CC2. The van der Waals surface area contributed by atoms with Gasteiger partial charge in [0.05, 0.1) is 0 Å². The fourth-order valence-electron chi connectivity index (χ4n) is 4.00. The van der Waals surface area contributed by atoms with Gasteiger partial charge in [0.25, 0.3) is 5.91 Å². The number of rotatable bonds is 1. The van der Waals surface area contributed by atoms with E-state index in [1.54, 1.807) is 0 Å². The van der Waals surface area contributed by atoms with Crippen molar-refractivity contribution < 1.29 is 4.79 Å². The molecule has 0 aliphatic carbocycles. The van der Waals surface area contributed by atoms with Crippen LogP contribution in [0.1, 0.15) is 48.0 Å². The van der Waals surface area contributed by atoms with Crippen LogP contribution < -0.4 is 0 Å². The van der Waals surface area contributed by atoms with Gasteiger partial charge in [0.1, 0.15) is 0 Å². The Balaban J connectivity index is 1.63. The molecule has 1 aliphatic rings. The van der Waals surface area contributed by atoms with E-state index in [0.29, 0.717) is 6.54 Å². The minimum absolute atomic E-state index is 0.102. The van der Waals surface area contributed by atoms with E-state index in [9.17, 15) is 4.79 Å². The summed E-state index contributed by atoms with van der Waals surface area (Å²) in [7, 11) is 2.13. The summed E-state index contributed by atoms with van der Waals surface area (Å²) < 4.78 is 2.28. The molecule has 1 aromatic heterocycles. The lowest BCUT2D eigenvalue weighted by molar-refractivity contribution is 0.0734. The topological polar surface area (TPSA) is 25.2 Å². The Kier molecular flexibility index (Phi) is 3.91. The first kappa shape index (κ1) is 16.9. The molecule has 1 amide bonds. The Bertz CT molecular complexity index is 974. The van der Waals surface area contributed by atoms with Crippen molar-refractivity contribution in [3.8, 4) is 0 Å². The Morgan fingerprint density at radius 1 is 1.00 bits per heavy atom.